The monoisotopic (exact) mass is 221 g/mol. The normalized spacial score (nSPS) is 10.2. The number of ketones is 1. The molecule has 0 aromatic heterocycles. The average molecular weight is 221 g/mol. The molecular weight excluding hydrogens is 206 g/mol. The van der Waals surface area contributed by atoms with Crippen LogP contribution in [0.2, 0.25) is 0 Å². The van der Waals surface area contributed by atoms with Crippen LogP contribution in [0.1, 0.15) is 39.5 Å². The van der Waals surface area contributed by atoms with E-state index in [1.54, 1.807) is 6.92 Å². The Hall–Kier alpha value is -1.71. The molecule has 0 fully saturated rings. The highest BCUT2D eigenvalue weighted by Crippen LogP contribution is 2.23. The molecule has 0 saturated carbocycles. The van der Waals surface area contributed by atoms with Crippen molar-refractivity contribution in [3.63, 3.8) is 0 Å². The summed E-state index contributed by atoms with van der Waals surface area (Å²) in [6.07, 6.45) is 0. The number of benzene rings is 1. The smallest absolute Gasteiger partial charge is 0.229 e. The van der Waals surface area contributed by atoms with E-state index in [1.807, 2.05) is 19.9 Å². The van der Waals surface area contributed by atoms with Crippen LogP contribution in [0.4, 0.5) is 0 Å². The summed E-state index contributed by atoms with van der Waals surface area (Å²) in [5, 5.41) is 10.6. The van der Waals surface area contributed by atoms with Gasteiger partial charge in [-0.05, 0) is 44.4 Å². The van der Waals surface area contributed by atoms with Gasteiger partial charge in [0.2, 0.25) is 6.54 Å². The van der Waals surface area contributed by atoms with E-state index in [2.05, 4.69) is 0 Å². The summed E-state index contributed by atoms with van der Waals surface area (Å²) in [6.45, 7) is 6.70. The first-order valence-electron chi connectivity index (χ1n) is 5.07. The van der Waals surface area contributed by atoms with Crippen LogP contribution in [0.3, 0.4) is 0 Å². The molecular formula is C12H15NO3. The number of hydrogen-bond acceptors (Lipinski definition) is 3. The summed E-state index contributed by atoms with van der Waals surface area (Å²) in [4.78, 5) is 21.7. The summed E-state index contributed by atoms with van der Waals surface area (Å²) in [5.41, 5.74) is 3.70. The van der Waals surface area contributed by atoms with Gasteiger partial charge in [-0.3, -0.25) is 14.9 Å². The van der Waals surface area contributed by atoms with Gasteiger partial charge in [0.25, 0.3) is 0 Å². The molecule has 0 heterocycles. The van der Waals surface area contributed by atoms with Crippen molar-refractivity contribution in [3.05, 3.63) is 44.0 Å². The molecule has 0 unspecified atom stereocenters. The maximum Gasteiger partial charge on any atom is 0.229 e. The zero-order valence-electron chi connectivity index (χ0n) is 9.96. The highest BCUT2D eigenvalue weighted by molar-refractivity contribution is 5.97. The number of rotatable bonds is 3. The third-order valence-electron chi connectivity index (χ3n) is 2.82. The summed E-state index contributed by atoms with van der Waals surface area (Å²) in [5.74, 6) is -0.110. The molecule has 0 aliphatic heterocycles. The van der Waals surface area contributed by atoms with Crippen LogP contribution in [0.5, 0.6) is 0 Å². The van der Waals surface area contributed by atoms with Gasteiger partial charge in [-0.1, -0.05) is 6.07 Å². The lowest BCUT2D eigenvalue weighted by atomic mass is 9.91. The molecule has 16 heavy (non-hydrogen) atoms. The highest BCUT2D eigenvalue weighted by atomic mass is 16.6. The zero-order valence-corrected chi connectivity index (χ0v) is 9.96. The van der Waals surface area contributed by atoms with Gasteiger partial charge in [0.1, 0.15) is 0 Å². The number of carbonyl (C=O) groups excluding carboxylic acids is 1. The van der Waals surface area contributed by atoms with Gasteiger partial charge in [0.15, 0.2) is 5.78 Å². The van der Waals surface area contributed by atoms with Crippen molar-refractivity contribution in [2.24, 2.45) is 0 Å². The van der Waals surface area contributed by atoms with E-state index >= 15 is 0 Å². The van der Waals surface area contributed by atoms with Crippen LogP contribution in [-0.2, 0) is 6.54 Å². The second-order valence-corrected chi connectivity index (χ2v) is 4.04. The fourth-order valence-corrected chi connectivity index (χ4v) is 1.95. The molecule has 1 aromatic carbocycles. The molecule has 4 heteroatoms. The van der Waals surface area contributed by atoms with Gasteiger partial charge < -0.3 is 0 Å². The van der Waals surface area contributed by atoms with Crippen molar-refractivity contribution >= 4 is 5.78 Å². The fraction of sp³-hybridized carbons (Fsp3) is 0.417. The van der Waals surface area contributed by atoms with Gasteiger partial charge in [-0.25, -0.2) is 0 Å². The third-order valence-corrected chi connectivity index (χ3v) is 2.82. The van der Waals surface area contributed by atoms with Crippen molar-refractivity contribution < 1.29 is 9.72 Å². The summed E-state index contributed by atoms with van der Waals surface area (Å²) < 4.78 is 0. The average Bonchev–Trinajstić information content (AvgIpc) is 2.13. The minimum Gasteiger partial charge on any atom is -0.294 e. The van der Waals surface area contributed by atoms with Crippen molar-refractivity contribution in [1.82, 2.24) is 0 Å². The predicted octanol–water partition coefficient (Wildman–Crippen LogP) is 2.59. The van der Waals surface area contributed by atoms with Gasteiger partial charge in [0.05, 0.1) is 0 Å². The van der Waals surface area contributed by atoms with Crippen LogP contribution in [0, 0.1) is 30.9 Å². The minimum atomic E-state index is -0.399. The number of aryl methyl sites for hydroxylation is 2. The molecule has 0 bridgehead atoms. The Morgan fingerprint density at radius 3 is 2.31 bits per heavy atom. The second kappa shape index (κ2) is 4.43. The Bertz CT molecular complexity index is 464. The Balaban J connectivity index is 3.50. The maximum atomic E-state index is 11.6. The topological polar surface area (TPSA) is 60.2 Å². The van der Waals surface area contributed by atoms with E-state index in [9.17, 15) is 14.9 Å². The van der Waals surface area contributed by atoms with Crippen molar-refractivity contribution in [2.45, 2.75) is 34.2 Å². The van der Waals surface area contributed by atoms with E-state index in [4.69, 9.17) is 0 Å². The van der Waals surface area contributed by atoms with E-state index in [-0.39, 0.29) is 12.3 Å². The number of nitrogens with zero attached hydrogens (tertiary/aromatic N) is 1. The van der Waals surface area contributed by atoms with Crippen LogP contribution in [0.15, 0.2) is 6.07 Å². The van der Waals surface area contributed by atoms with Crippen LogP contribution in [-0.4, -0.2) is 10.7 Å². The molecule has 86 valence electrons. The molecule has 0 aliphatic carbocycles. The Morgan fingerprint density at radius 2 is 1.88 bits per heavy atom. The number of hydrogen-bond donors (Lipinski definition) is 0. The van der Waals surface area contributed by atoms with Gasteiger partial charge in [-0.2, -0.15) is 0 Å². The number of carbonyl (C=O) groups is 1. The SMILES string of the molecule is CC(=O)c1c(C)c(C)cc(C)c1C[N+](=O)[O-]. The Labute approximate surface area is 94.4 Å². The summed E-state index contributed by atoms with van der Waals surface area (Å²) in [6, 6.07) is 1.89. The molecule has 1 aromatic rings. The molecule has 1 rings (SSSR count). The lowest BCUT2D eigenvalue weighted by Crippen LogP contribution is -2.10. The standard InChI is InChI=1S/C12H15NO3/c1-7-5-8(2)11(6-13(15)16)12(9(7)3)10(4)14/h5H,6H2,1-4H3. The first-order valence-corrected chi connectivity index (χ1v) is 5.07. The number of nitro groups is 1. The van der Waals surface area contributed by atoms with Gasteiger partial charge >= 0.3 is 0 Å². The maximum absolute atomic E-state index is 11.6. The molecule has 4 nitrogen and oxygen atoms in total. The fourth-order valence-electron chi connectivity index (χ4n) is 1.95. The molecule has 0 saturated heterocycles. The van der Waals surface area contributed by atoms with Crippen molar-refractivity contribution in [3.8, 4) is 0 Å². The predicted molar refractivity (Wildman–Crippen MR) is 61.4 cm³/mol. The van der Waals surface area contributed by atoms with E-state index in [0.29, 0.717) is 11.1 Å². The first-order chi connectivity index (χ1) is 7.34. The Kier molecular flexibility index (Phi) is 3.42. The third kappa shape index (κ3) is 2.27. The Morgan fingerprint density at radius 1 is 1.31 bits per heavy atom. The van der Waals surface area contributed by atoms with Gasteiger partial charge in [0, 0.05) is 16.1 Å². The molecule has 0 radical (unpaired) electrons. The summed E-state index contributed by atoms with van der Waals surface area (Å²) >= 11 is 0. The van der Waals surface area contributed by atoms with E-state index < -0.39 is 4.92 Å². The lowest BCUT2D eigenvalue weighted by molar-refractivity contribution is -0.496. The quantitative estimate of drug-likeness (QED) is 0.447. The largest absolute Gasteiger partial charge is 0.294 e. The lowest BCUT2D eigenvalue weighted by Gasteiger charge is -2.13. The van der Waals surface area contributed by atoms with Crippen LogP contribution < -0.4 is 0 Å². The van der Waals surface area contributed by atoms with Crippen molar-refractivity contribution in [1.29, 1.82) is 0 Å². The van der Waals surface area contributed by atoms with Crippen molar-refractivity contribution in [2.75, 3.05) is 0 Å². The van der Waals surface area contributed by atoms with Gasteiger partial charge in [-0.15, -0.1) is 0 Å². The molecule has 0 aliphatic rings. The molecule has 0 amide bonds. The molecule has 0 atom stereocenters. The number of Topliss-reactive ketones (excluding diaryl/α,β-unsaturated/α-hetero) is 1. The first kappa shape index (κ1) is 12.4. The van der Waals surface area contributed by atoms with E-state index in [0.717, 1.165) is 16.7 Å². The minimum absolute atomic E-state index is 0.110. The van der Waals surface area contributed by atoms with Crippen LogP contribution in [0.25, 0.3) is 0 Å². The van der Waals surface area contributed by atoms with Crippen LogP contribution >= 0.6 is 0 Å². The molecule has 0 N–H and O–H groups in total. The highest BCUT2D eigenvalue weighted by Gasteiger charge is 2.18. The van der Waals surface area contributed by atoms with E-state index in [1.165, 1.54) is 6.92 Å². The zero-order chi connectivity index (χ0) is 12.5. The second-order valence-electron chi connectivity index (χ2n) is 4.04. The summed E-state index contributed by atoms with van der Waals surface area (Å²) in [7, 11) is 0. The molecule has 0 spiro atoms.